The molecule has 1 aromatic carbocycles. The van der Waals surface area contributed by atoms with Gasteiger partial charge in [0.05, 0.1) is 10.8 Å². The lowest BCUT2D eigenvalue weighted by Crippen LogP contribution is -2.02. The molecule has 0 aliphatic heterocycles. The minimum absolute atomic E-state index is 0.117. The van der Waals surface area contributed by atoms with Crippen LogP contribution in [0.3, 0.4) is 0 Å². The smallest absolute Gasteiger partial charge is 0.173 e. The van der Waals surface area contributed by atoms with Crippen LogP contribution in [0, 0.1) is 5.82 Å². The molecule has 0 unspecified atom stereocenters. The fraction of sp³-hybridized carbons (Fsp3) is 0.0833. The number of carbonyl (C=O) groups is 1. The summed E-state index contributed by atoms with van der Waals surface area (Å²) in [5.41, 5.74) is 0.381. The lowest BCUT2D eigenvalue weighted by atomic mass is 10.1. The van der Waals surface area contributed by atoms with Crippen molar-refractivity contribution < 1.29 is 9.18 Å². The van der Waals surface area contributed by atoms with Gasteiger partial charge in [0.2, 0.25) is 0 Å². The molecule has 0 radical (unpaired) electrons. The maximum absolute atomic E-state index is 12.9. The number of hydrogen-bond donors (Lipinski definition) is 0. The van der Waals surface area contributed by atoms with Gasteiger partial charge < -0.3 is 0 Å². The second-order valence-corrected chi connectivity index (χ2v) is 4.27. The van der Waals surface area contributed by atoms with Gasteiger partial charge >= 0.3 is 0 Å². The summed E-state index contributed by atoms with van der Waals surface area (Å²) < 4.78 is 12.9. The van der Waals surface area contributed by atoms with E-state index in [1.807, 2.05) is 0 Å². The average molecular weight is 248 g/mol. The highest BCUT2D eigenvalue weighted by Crippen LogP contribution is 2.15. The van der Waals surface area contributed by atoms with E-state index in [0.717, 1.165) is 5.03 Å². The van der Waals surface area contributed by atoms with Crippen LogP contribution in [0.2, 0.25) is 0 Å². The van der Waals surface area contributed by atoms with E-state index < -0.39 is 5.82 Å². The number of Topliss-reactive ketones (excluding diaryl/α,β-unsaturated/α-hetero) is 1. The van der Waals surface area contributed by atoms with E-state index in [-0.39, 0.29) is 11.5 Å². The lowest BCUT2D eigenvalue weighted by Gasteiger charge is -2.00. The maximum atomic E-state index is 12.9. The Labute approximate surface area is 102 Å². The molecule has 0 fully saturated rings. The number of ketones is 1. The molecule has 5 heteroatoms. The molecule has 0 saturated heterocycles. The fourth-order valence-corrected chi connectivity index (χ4v) is 1.97. The average Bonchev–Trinajstić information content (AvgIpc) is 2.37. The van der Waals surface area contributed by atoms with Gasteiger partial charge in [-0.05, 0) is 18.2 Å². The first-order valence-electron chi connectivity index (χ1n) is 4.93. The van der Waals surface area contributed by atoms with Crippen LogP contribution in [0.4, 0.5) is 4.39 Å². The molecule has 2 rings (SSSR count). The molecule has 0 amide bonds. The van der Waals surface area contributed by atoms with E-state index in [9.17, 15) is 9.18 Å². The number of aromatic nitrogens is 2. The zero-order valence-corrected chi connectivity index (χ0v) is 9.65. The Morgan fingerprint density at radius 2 is 2.24 bits per heavy atom. The van der Waals surface area contributed by atoms with Gasteiger partial charge in [-0.15, -0.1) is 0 Å². The summed E-state index contributed by atoms with van der Waals surface area (Å²) in [6.07, 6.45) is 3.04. The third-order valence-corrected chi connectivity index (χ3v) is 3.00. The largest absolute Gasteiger partial charge is 0.293 e. The van der Waals surface area contributed by atoms with Gasteiger partial charge in [0.1, 0.15) is 12.1 Å². The third-order valence-electron chi connectivity index (χ3n) is 2.05. The number of hydrogen-bond acceptors (Lipinski definition) is 4. The van der Waals surface area contributed by atoms with Gasteiger partial charge in [-0.3, -0.25) is 4.79 Å². The van der Waals surface area contributed by atoms with Crippen molar-refractivity contribution in [2.45, 2.75) is 5.03 Å². The zero-order chi connectivity index (χ0) is 12.1. The number of rotatable bonds is 4. The Balaban J connectivity index is 1.98. The molecular weight excluding hydrogens is 239 g/mol. The molecule has 17 heavy (non-hydrogen) atoms. The first kappa shape index (κ1) is 11.7. The highest BCUT2D eigenvalue weighted by molar-refractivity contribution is 7.99. The predicted molar refractivity (Wildman–Crippen MR) is 63.5 cm³/mol. The molecule has 3 nitrogen and oxygen atoms in total. The first-order chi connectivity index (χ1) is 8.25. The summed E-state index contributed by atoms with van der Waals surface area (Å²) in [5, 5.41) is 0.727. The third kappa shape index (κ3) is 3.35. The zero-order valence-electron chi connectivity index (χ0n) is 8.84. The van der Waals surface area contributed by atoms with Crippen molar-refractivity contribution in [2.75, 3.05) is 5.75 Å². The second kappa shape index (κ2) is 5.54. The lowest BCUT2D eigenvalue weighted by molar-refractivity contribution is 0.102. The van der Waals surface area contributed by atoms with Gasteiger partial charge in [0.15, 0.2) is 5.78 Å². The van der Waals surface area contributed by atoms with Crippen LogP contribution in [-0.4, -0.2) is 21.5 Å². The standard InChI is InChI=1S/C12H9FN2OS/c13-10-3-1-2-9(6-10)11(16)7-17-12-4-5-14-8-15-12/h1-6,8H,7H2. The summed E-state index contributed by atoms with van der Waals surface area (Å²) in [7, 11) is 0. The summed E-state index contributed by atoms with van der Waals surface area (Å²) in [4.78, 5) is 19.5. The SMILES string of the molecule is O=C(CSc1ccncn1)c1cccc(F)c1. The van der Waals surface area contributed by atoms with E-state index in [1.165, 1.54) is 36.3 Å². The van der Waals surface area contributed by atoms with E-state index in [2.05, 4.69) is 9.97 Å². The summed E-state index contributed by atoms with van der Waals surface area (Å²) in [6.45, 7) is 0. The Kier molecular flexibility index (Phi) is 3.82. The van der Waals surface area contributed by atoms with Crippen LogP contribution >= 0.6 is 11.8 Å². The van der Waals surface area contributed by atoms with Gasteiger partial charge in [-0.25, -0.2) is 14.4 Å². The number of nitrogens with zero attached hydrogens (tertiary/aromatic N) is 2. The number of carbonyl (C=O) groups excluding carboxylic acids is 1. The molecule has 0 atom stereocenters. The minimum atomic E-state index is -0.400. The van der Waals surface area contributed by atoms with Crippen molar-refractivity contribution in [3.8, 4) is 0 Å². The molecule has 86 valence electrons. The van der Waals surface area contributed by atoms with Crippen molar-refractivity contribution in [1.82, 2.24) is 9.97 Å². The topological polar surface area (TPSA) is 42.9 Å². The van der Waals surface area contributed by atoms with Crippen LogP contribution < -0.4 is 0 Å². The van der Waals surface area contributed by atoms with Crippen LogP contribution in [0.25, 0.3) is 0 Å². The highest BCUT2D eigenvalue weighted by Gasteiger charge is 2.07. The van der Waals surface area contributed by atoms with Crippen LogP contribution in [0.15, 0.2) is 47.9 Å². The number of thioether (sulfide) groups is 1. The van der Waals surface area contributed by atoms with Crippen LogP contribution in [0.1, 0.15) is 10.4 Å². The summed E-state index contributed by atoms with van der Waals surface area (Å²) >= 11 is 1.31. The Morgan fingerprint density at radius 1 is 1.35 bits per heavy atom. The van der Waals surface area contributed by atoms with Crippen molar-refractivity contribution in [1.29, 1.82) is 0 Å². The monoisotopic (exact) mass is 248 g/mol. The van der Waals surface area contributed by atoms with Crippen LogP contribution in [0.5, 0.6) is 0 Å². The van der Waals surface area contributed by atoms with Gasteiger partial charge in [0.25, 0.3) is 0 Å². The quantitative estimate of drug-likeness (QED) is 0.474. The Hall–Kier alpha value is -1.75. The maximum Gasteiger partial charge on any atom is 0.173 e. The molecule has 1 heterocycles. The molecule has 2 aromatic rings. The van der Waals surface area contributed by atoms with Gasteiger partial charge in [0, 0.05) is 11.8 Å². The summed E-state index contributed by atoms with van der Waals surface area (Å²) in [5.74, 6) is -0.281. The molecule has 1 aromatic heterocycles. The fourth-order valence-electron chi connectivity index (χ4n) is 1.25. The molecule has 0 bridgehead atoms. The predicted octanol–water partition coefficient (Wildman–Crippen LogP) is 2.59. The molecule has 0 saturated carbocycles. The van der Waals surface area contributed by atoms with E-state index in [1.54, 1.807) is 18.3 Å². The van der Waals surface area contributed by atoms with Crippen molar-refractivity contribution >= 4 is 17.5 Å². The molecule has 0 aliphatic rings. The second-order valence-electron chi connectivity index (χ2n) is 3.27. The van der Waals surface area contributed by atoms with E-state index in [4.69, 9.17) is 0 Å². The van der Waals surface area contributed by atoms with Crippen molar-refractivity contribution in [2.24, 2.45) is 0 Å². The number of benzene rings is 1. The van der Waals surface area contributed by atoms with E-state index in [0.29, 0.717) is 5.56 Å². The molecule has 0 N–H and O–H groups in total. The first-order valence-corrected chi connectivity index (χ1v) is 5.92. The molecule has 0 spiro atoms. The Bertz CT molecular complexity index is 519. The normalized spacial score (nSPS) is 10.2. The van der Waals surface area contributed by atoms with Crippen molar-refractivity contribution in [3.63, 3.8) is 0 Å². The van der Waals surface area contributed by atoms with E-state index >= 15 is 0 Å². The number of halogens is 1. The molecule has 0 aliphatic carbocycles. The van der Waals surface area contributed by atoms with Crippen molar-refractivity contribution in [3.05, 3.63) is 54.2 Å². The summed E-state index contributed by atoms with van der Waals surface area (Å²) in [6, 6.07) is 7.41. The van der Waals surface area contributed by atoms with Gasteiger partial charge in [-0.2, -0.15) is 0 Å². The minimum Gasteiger partial charge on any atom is -0.293 e. The highest BCUT2D eigenvalue weighted by atomic mass is 32.2. The Morgan fingerprint density at radius 3 is 2.94 bits per heavy atom. The van der Waals surface area contributed by atoms with Gasteiger partial charge in [-0.1, -0.05) is 23.9 Å². The molecular formula is C12H9FN2OS. The van der Waals surface area contributed by atoms with Crippen LogP contribution in [-0.2, 0) is 0 Å².